The van der Waals surface area contributed by atoms with Crippen molar-refractivity contribution < 1.29 is 82.8 Å². The fourth-order valence-corrected chi connectivity index (χ4v) is 24.5. The van der Waals surface area contributed by atoms with Gasteiger partial charge in [-0.3, -0.25) is 28.8 Å². The molecule has 4 aromatic rings. The maximum atomic E-state index is 16.6. The van der Waals surface area contributed by atoms with Gasteiger partial charge in [-0.1, -0.05) is 45.8 Å². The van der Waals surface area contributed by atoms with E-state index in [-0.39, 0.29) is 145 Å². The van der Waals surface area contributed by atoms with Crippen LogP contribution in [-0.2, 0) is 19.2 Å². The number of halogens is 2. The lowest BCUT2D eigenvalue weighted by Crippen LogP contribution is -2.62. The van der Waals surface area contributed by atoms with Crippen LogP contribution in [0, 0.1) is 108 Å². The molecule has 109 heavy (non-hydrogen) atoms. The number of methoxy groups -OCH3 is 2. The Morgan fingerprint density at radius 2 is 1.00 bits per heavy atom. The van der Waals surface area contributed by atoms with Crippen LogP contribution in [-0.4, -0.2) is 163 Å². The number of aromatic nitrogens is 2. The van der Waals surface area contributed by atoms with Crippen LogP contribution in [0.2, 0.25) is 0 Å². The van der Waals surface area contributed by atoms with E-state index in [9.17, 15) is 74.1 Å². The van der Waals surface area contributed by atoms with Gasteiger partial charge < -0.3 is 69.5 Å². The molecule has 0 radical (unpaired) electrons. The van der Waals surface area contributed by atoms with E-state index in [1.165, 1.54) is 26.7 Å². The second-order valence-corrected chi connectivity index (χ2v) is 35.9. The van der Waals surface area contributed by atoms with Gasteiger partial charge in [0, 0.05) is 103 Å². The largest absolute Gasteiger partial charge is 0.492 e. The molecule has 2 aromatic carbocycles. The highest BCUT2D eigenvalue weighted by Crippen LogP contribution is 2.70. The number of aromatic carboxylic acids is 2. The summed E-state index contributed by atoms with van der Waals surface area (Å²) in [4.78, 5) is 106. The summed E-state index contributed by atoms with van der Waals surface area (Å²) in [5.74, 6) is -2.93. The van der Waals surface area contributed by atoms with Crippen LogP contribution in [0.1, 0.15) is 225 Å². The number of benzene rings is 2. The van der Waals surface area contributed by atoms with Crippen molar-refractivity contribution in [1.29, 1.82) is 0 Å². The third-order valence-corrected chi connectivity index (χ3v) is 30.3. The summed E-state index contributed by atoms with van der Waals surface area (Å²) in [6.07, 6.45) is 15.4. The average Bonchev–Trinajstić information content (AvgIpc) is 1.61. The number of fused-ring (bicyclic) bond motifs is 12. The number of nitrogens with zero attached hydrogens (tertiary/aromatic N) is 4. The van der Waals surface area contributed by atoms with Crippen LogP contribution in [0.3, 0.4) is 0 Å². The van der Waals surface area contributed by atoms with Crippen molar-refractivity contribution in [2.24, 2.45) is 69.0 Å². The van der Waals surface area contributed by atoms with Crippen LogP contribution >= 0.6 is 0 Å². The van der Waals surface area contributed by atoms with E-state index in [0.29, 0.717) is 112 Å². The third kappa shape index (κ3) is 12.0. The number of aliphatic hydroxyl groups is 5. The number of nitrogens with one attached hydrogen (secondary N) is 1. The molecule has 12 aliphatic rings. The van der Waals surface area contributed by atoms with E-state index in [4.69, 9.17) is 9.47 Å². The Morgan fingerprint density at radius 3 is 1.39 bits per heavy atom. The number of carboxylic acids is 2. The van der Waals surface area contributed by atoms with Crippen molar-refractivity contribution in [3.8, 4) is 11.5 Å². The van der Waals surface area contributed by atoms with Crippen molar-refractivity contribution in [2.75, 3.05) is 63.4 Å². The molecule has 4 heterocycles. The van der Waals surface area contributed by atoms with Gasteiger partial charge in [-0.25, -0.2) is 18.4 Å². The number of carboxylic acid groups (broad SMARTS) is 2. The summed E-state index contributed by atoms with van der Waals surface area (Å²) in [6, 6.07) is 0.260. The van der Waals surface area contributed by atoms with E-state index >= 15 is 8.78 Å². The number of ether oxygens (including phenoxy) is 2. The fourth-order valence-electron chi connectivity index (χ4n) is 24.5. The molecule has 17 atom stereocenters. The van der Waals surface area contributed by atoms with Crippen LogP contribution in [0.25, 0.3) is 21.8 Å². The number of piperazine rings is 1. The third-order valence-electron chi connectivity index (χ3n) is 30.3. The van der Waals surface area contributed by atoms with Crippen molar-refractivity contribution in [2.45, 2.75) is 239 Å². The van der Waals surface area contributed by atoms with Gasteiger partial charge in [-0.2, -0.15) is 0 Å². The van der Waals surface area contributed by atoms with Gasteiger partial charge in [0.2, 0.25) is 10.9 Å². The van der Waals surface area contributed by atoms with Gasteiger partial charge in [0.1, 0.15) is 40.3 Å². The SMILES string of the molecule is COc1c(N2CCC(CC(=O)[C@@]3(O)CC[C@H]4[C@@H]5CCC6=CC(=O)CC[C@]6(C)[C@H]5[C@@H](O)C[C@@]43C)C(C)C2)c(F)c(C)c2c(=O)c(C(=O)O)c(C)n(C3CC3)c12.COc1c(N2CCNC(C)C2)c(F)c(C)c2c(=O)c(C(=O)O)c(C)n(C3CC3)c12.C[C@]12CCC(=O)C=C1CC[C@@H]1[C@@H]2[C@@H](O)C[C@@]2(C)[C@H]1CC[C@]2(O)C(=O)CO. The summed E-state index contributed by atoms with van der Waals surface area (Å²) in [7, 11) is 2.92. The van der Waals surface area contributed by atoms with Crippen molar-refractivity contribution in [1.82, 2.24) is 14.5 Å². The fraction of sp³-hybridized carbons (Fsp3) is 0.671. The first-order valence-electron chi connectivity index (χ1n) is 40.0. The summed E-state index contributed by atoms with van der Waals surface area (Å²) in [6.45, 7) is 20.9. The molecule has 2 saturated heterocycles. The first-order valence-corrected chi connectivity index (χ1v) is 40.0. The Balaban J connectivity index is 0.000000151. The molecule has 8 N–H and O–H groups in total. The number of hydrogen-bond acceptors (Lipinski definition) is 18. The van der Waals surface area contributed by atoms with Gasteiger partial charge in [0.05, 0.1) is 48.2 Å². The quantitative estimate of drug-likeness (QED) is 0.0616. The van der Waals surface area contributed by atoms with E-state index in [0.717, 1.165) is 82.6 Å². The number of anilines is 2. The number of aliphatic hydroxyl groups excluding tert-OH is 3. The highest BCUT2D eigenvalue weighted by atomic mass is 19.1. The number of hydrogen-bond donors (Lipinski definition) is 8. The minimum Gasteiger partial charge on any atom is -0.492 e. The van der Waals surface area contributed by atoms with Crippen LogP contribution in [0.4, 0.5) is 20.2 Å². The van der Waals surface area contributed by atoms with Crippen LogP contribution < -0.4 is 35.4 Å². The number of Topliss-reactive ketones (excluding diaryl/α,β-unsaturated/α-hetero) is 2. The zero-order valence-corrected chi connectivity index (χ0v) is 65.3. The molecule has 10 fully saturated rings. The molecule has 2 aliphatic heterocycles. The molecule has 592 valence electrons. The highest BCUT2D eigenvalue weighted by molar-refractivity contribution is 6.02. The Bertz CT molecular complexity index is 4690. The molecule has 10 aliphatic carbocycles. The van der Waals surface area contributed by atoms with E-state index in [1.54, 1.807) is 26.8 Å². The average molecular weight is 1510 g/mol. The van der Waals surface area contributed by atoms with Gasteiger partial charge in [-0.05, 0) is 214 Å². The molecule has 0 spiro atoms. The number of rotatable bonds is 13. The summed E-state index contributed by atoms with van der Waals surface area (Å²) < 4.78 is 47.5. The molecular weight excluding hydrogens is 1400 g/mol. The number of piperidine rings is 1. The maximum absolute atomic E-state index is 16.6. The monoisotopic (exact) mass is 1510 g/mol. The second-order valence-electron chi connectivity index (χ2n) is 35.9. The van der Waals surface area contributed by atoms with Crippen LogP contribution in [0.15, 0.2) is 32.9 Å². The zero-order valence-electron chi connectivity index (χ0n) is 65.3. The standard InChI is InChI=1S/C43H55FN2O8.C21H26FN3O4.C21H30O5/c1-21-20-45(37-35(44)22(2)32-36(39(37)54-6)46(26-8-9-26)23(3)33(38(32)50)40(51)52)16-13-24(21)17-31(49)43(53)15-12-29-28-10-7-25-18-27(47)11-14-41(25,4)34(28)30(48)19-42(29,43)5;1-10-9-24(8-7-23-10)18-16(22)11(2)14-17(20(18)29-4)25(13-5-6-13)12(3)15(19(14)26)21(27)28;1-19-7-5-13(23)9-12(19)3-4-14-15-6-8-21(26,17(25)11-22)20(15,2)10-16(24)18(14)19/h18,21,24,26,28-30,34,48,53H,7-17,19-20H2,1-6H3,(H,51,52);10,13,23H,5-9H2,1-4H3,(H,27,28);9,14-16,18,22,24,26H,3-8,10-11H2,1-2H3/t21?,24?,28-,29-,30-,34+,41-,42-,43-;;14-,15-,16-,18+,19-,20-,21-/m0.0/s1. The van der Waals surface area contributed by atoms with Crippen molar-refractivity contribution in [3.63, 3.8) is 0 Å². The molecule has 2 aromatic heterocycles. The topological polar surface area (TPSA) is 325 Å². The number of allylic oxidation sites excluding steroid dienone is 2. The number of pyridine rings is 2. The summed E-state index contributed by atoms with van der Waals surface area (Å²) in [5, 5.41) is 79.1. The number of aryl methyl sites for hydroxylation is 2. The molecule has 0 amide bonds. The van der Waals surface area contributed by atoms with Gasteiger partial charge in [-0.15, -0.1) is 0 Å². The first-order chi connectivity index (χ1) is 51.4. The molecule has 3 unspecified atom stereocenters. The Labute approximate surface area is 634 Å². The van der Waals surface area contributed by atoms with E-state index in [2.05, 4.69) is 19.2 Å². The zero-order chi connectivity index (χ0) is 78.7. The smallest absolute Gasteiger partial charge is 0.341 e. The minimum absolute atomic E-state index is 0.00345. The van der Waals surface area contributed by atoms with E-state index in [1.807, 2.05) is 52.7 Å². The minimum atomic E-state index is -1.55. The molecule has 8 saturated carbocycles. The Hall–Kier alpha value is -7.22. The molecule has 16 rings (SSSR count). The molecule has 0 bridgehead atoms. The maximum Gasteiger partial charge on any atom is 0.341 e. The van der Waals surface area contributed by atoms with Crippen molar-refractivity contribution >= 4 is 68.3 Å². The second kappa shape index (κ2) is 28.2. The number of ketones is 4. The van der Waals surface area contributed by atoms with Gasteiger partial charge >= 0.3 is 11.9 Å². The predicted octanol–water partition coefficient (Wildman–Crippen LogP) is 10.8. The van der Waals surface area contributed by atoms with Crippen molar-refractivity contribution in [3.05, 3.63) is 89.0 Å². The lowest BCUT2D eigenvalue weighted by atomic mass is 9.45. The number of carbonyl (C=O) groups is 6. The Kier molecular flexibility index (Phi) is 20.3. The predicted molar refractivity (Wildman–Crippen MR) is 406 cm³/mol. The first kappa shape index (κ1) is 78.5. The van der Waals surface area contributed by atoms with Gasteiger partial charge in [0.15, 0.2) is 46.3 Å². The lowest BCUT2D eigenvalue weighted by Gasteiger charge is -2.60. The normalized spacial score (nSPS) is 35.3. The van der Waals surface area contributed by atoms with Gasteiger partial charge in [0.25, 0.3) is 0 Å². The molecular formula is C85H111F2N5O17. The van der Waals surface area contributed by atoms with Crippen LogP contribution in [0.5, 0.6) is 11.5 Å². The lowest BCUT2D eigenvalue weighted by molar-refractivity contribution is -0.182. The molecule has 24 heteroatoms. The molecule has 22 nitrogen and oxygen atoms in total. The summed E-state index contributed by atoms with van der Waals surface area (Å²) >= 11 is 0. The summed E-state index contributed by atoms with van der Waals surface area (Å²) in [5.41, 5.74) is -2.15. The van der Waals surface area contributed by atoms with E-state index < -0.39 is 81.1 Å². The number of carbonyl (C=O) groups excluding carboxylic acids is 4. The Morgan fingerprint density at radius 1 is 0.578 bits per heavy atom. The highest BCUT2D eigenvalue weighted by Gasteiger charge is 2.70.